The molecule has 2 rings (SSSR count). The third kappa shape index (κ3) is 5.82. The van der Waals surface area contributed by atoms with Gasteiger partial charge in [0.2, 0.25) is 0 Å². The number of rotatable bonds is 6. The number of hydrogen-bond donors (Lipinski definition) is 1. The summed E-state index contributed by atoms with van der Waals surface area (Å²) in [6, 6.07) is 7.37. The zero-order valence-corrected chi connectivity index (χ0v) is 18.2. The van der Waals surface area contributed by atoms with Gasteiger partial charge in [-0.2, -0.15) is 4.98 Å². The van der Waals surface area contributed by atoms with Gasteiger partial charge in [0.15, 0.2) is 0 Å². The fraction of sp³-hybridized carbons (Fsp3) is 0.500. The Kier molecular flexibility index (Phi) is 7.06. The van der Waals surface area contributed by atoms with Crippen molar-refractivity contribution in [1.82, 2.24) is 14.5 Å². The molecule has 0 bridgehead atoms. The van der Waals surface area contributed by atoms with E-state index in [0.717, 1.165) is 24.0 Å². The topological polar surface area (TPSA) is 90.4 Å². The number of ether oxygens (including phenoxy) is 1. The zero-order valence-electron chi connectivity index (χ0n) is 18.2. The van der Waals surface area contributed by atoms with Gasteiger partial charge in [0, 0.05) is 18.3 Å². The van der Waals surface area contributed by atoms with Gasteiger partial charge in [-0.05, 0) is 58.7 Å². The lowest BCUT2D eigenvalue weighted by molar-refractivity contribution is 0.0170. The van der Waals surface area contributed by atoms with E-state index in [1.165, 1.54) is 4.57 Å². The second kappa shape index (κ2) is 9.11. The maximum atomic E-state index is 12.7. The first-order chi connectivity index (χ1) is 13.5. The normalized spacial score (nSPS) is 12.5. The van der Waals surface area contributed by atoms with Crippen molar-refractivity contribution in [2.45, 2.75) is 66.0 Å². The van der Waals surface area contributed by atoms with Gasteiger partial charge in [-0.25, -0.2) is 9.59 Å². The van der Waals surface area contributed by atoms with Gasteiger partial charge >= 0.3 is 11.8 Å². The van der Waals surface area contributed by atoms with Crippen molar-refractivity contribution in [3.63, 3.8) is 0 Å². The molecule has 7 nitrogen and oxygen atoms in total. The molecule has 0 aliphatic rings. The number of anilines is 1. The van der Waals surface area contributed by atoms with Crippen LogP contribution in [0.5, 0.6) is 0 Å². The van der Waals surface area contributed by atoms with Crippen LogP contribution < -0.4 is 11.4 Å². The molecule has 0 aliphatic carbocycles. The van der Waals surface area contributed by atoms with E-state index in [0.29, 0.717) is 12.2 Å². The molecule has 2 aromatic rings. The number of nitrogens with two attached hydrogens (primary N) is 1. The summed E-state index contributed by atoms with van der Waals surface area (Å²) >= 11 is 0. The Morgan fingerprint density at radius 1 is 1.28 bits per heavy atom. The van der Waals surface area contributed by atoms with Crippen molar-refractivity contribution in [1.29, 1.82) is 0 Å². The van der Waals surface area contributed by atoms with Gasteiger partial charge in [0.05, 0.1) is 11.7 Å². The van der Waals surface area contributed by atoms with Gasteiger partial charge in [0.25, 0.3) is 0 Å². The van der Waals surface area contributed by atoms with Crippen molar-refractivity contribution >= 4 is 11.9 Å². The number of aromatic nitrogens is 2. The quantitative estimate of drug-likeness (QED) is 0.784. The molecular weight excluding hydrogens is 368 g/mol. The molecule has 1 amide bonds. The molecule has 2 N–H and O–H groups in total. The number of carbonyl (C=O) groups is 1. The highest BCUT2D eigenvalue weighted by molar-refractivity contribution is 5.68. The molecule has 0 fully saturated rings. The third-order valence-electron chi connectivity index (χ3n) is 4.65. The molecule has 7 heteroatoms. The summed E-state index contributed by atoms with van der Waals surface area (Å²) in [5.41, 5.74) is 7.12. The monoisotopic (exact) mass is 400 g/mol. The summed E-state index contributed by atoms with van der Waals surface area (Å²) < 4.78 is 7.06. The Hall–Kier alpha value is -2.83. The highest BCUT2D eigenvalue weighted by atomic mass is 16.6. The van der Waals surface area contributed by atoms with E-state index in [2.05, 4.69) is 11.9 Å². The molecule has 0 saturated heterocycles. The molecule has 1 aromatic carbocycles. The molecule has 0 saturated carbocycles. The van der Waals surface area contributed by atoms with Crippen molar-refractivity contribution in [2.24, 2.45) is 0 Å². The van der Waals surface area contributed by atoms with E-state index in [9.17, 15) is 9.59 Å². The minimum atomic E-state index is -0.549. The number of nitrogens with zero attached hydrogens (tertiary/aromatic N) is 3. The number of amides is 1. The Labute approximate surface area is 172 Å². The zero-order chi connectivity index (χ0) is 21.8. The molecule has 158 valence electrons. The first kappa shape index (κ1) is 22.5. The van der Waals surface area contributed by atoms with Crippen LogP contribution in [0.1, 0.15) is 64.6 Å². The van der Waals surface area contributed by atoms with Crippen LogP contribution >= 0.6 is 0 Å². The number of hydrogen-bond acceptors (Lipinski definition) is 5. The molecule has 29 heavy (non-hydrogen) atoms. The predicted octanol–water partition coefficient (Wildman–Crippen LogP) is 4.22. The average Bonchev–Trinajstić information content (AvgIpc) is 2.63. The van der Waals surface area contributed by atoms with E-state index in [1.807, 2.05) is 52.0 Å². The van der Waals surface area contributed by atoms with Crippen molar-refractivity contribution < 1.29 is 9.53 Å². The van der Waals surface area contributed by atoms with Crippen LogP contribution in [0.3, 0.4) is 0 Å². The highest BCUT2D eigenvalue weighted by Crippen LogP contribution is 2.24. The number of benzene rings is 1. The van der Waals surface area contributed by atoms with E-state index >= 15 is 0 Å². The standard InChI is InChI=1S/C22H32N4O3/c1-7-8-13-25(21(28)29-22(4,5)6)16(3)17-9-11-18(12-10-17)26-14-15(2)19(23)24-20(26)27/h9-12,14,16H,7-8,13H2,1-6H3,(H2,23,24,27)/t16-/m0/s1. The van der Waals surface area contributed by atoms with Crippen molar-refractivity contribution in [3.8, 4) is 5.69 Å². The van der Waals surface area contributed by atoms with Crippen LogP contribution in [0.2, 0.25) is 0 Å². The van der Waals surface area contributed by atoms with E-state index in [1.54, 1.807) is 18.0 Å². The van der Waals surface area contributed by atoms with E-state index in [-0.39, 0.29) is 18.0 Å². The number of unbranched alkanes of at least 4 members (excludes halogenated alkanes) is 1. The van der Waals surface area contributed by atoms with E-state index in [4.69, 9.17) is 10.5 Å². The lowest BCUT2D eigenvalue weighted by Crippen LogP contribution is -2.39. The second-order valence-corrected chi connectivity index (χ2v) is 8.26. The number of aryl methyl sites for hydroxylation is 1. The SMILES string of the molecule is CCCCN(C(=O)OC(C)(C)C)[C@@H](C)c1ccc(-n2cc(C)c(N)nc2=O)cc1. The second-order valence-electron chi connectivity index (χ2n) is 8.26. The van der Waals surface area contributed by atoms with Gasteiger partial charge in [-0.15, -0.1) is 0 Å². The molecule has 0 spiro atoms. The predicted molar refractivity (Wildman–Crippen MR) is 115 cm³/mol. The Morgan fingerprint density at radius 3 is 2.45 bits per heavy atom. The maximum Gasteiger partial charge on any atom is 0.410 e. The molecule has 0 aliphatic heterocycles. The van der Waals surface area contributed by atoms with Crippen LogP contribution in [-0.4, -0.2) is 32.7 Å². The first-order valence-corrected chi connectivity index (χ1v) is 9.99. The van der Waals surface area contributed by atoms with Gasteiger partial charge in [0.1, 0.15) is 11.4 Å². The van der Waals surface area contributed by atoms with Gasteiger partial charge in [-0.1, -0.05) is 25.5 Å². The summed E-state index contributed by atoms with van der Waals surface area (Å²) in [6.07, 6.45) is 3.24. The summed E-state index contributed by atoms with van der Waals surface area (Å²) in [7, 11) is 0. The molecule has 1 heterocycles. The van der Waals surface area contributed by atoms with Crippen LogP contribution in [0.25, 0.3) is 5.69 Å². The molecular formula is C22H32N4O3. The fourth-order valence-electron chi connectivity index (χ4n) is 2.93. The maximum absolute atomic E-state index is 12.7. The summed E-state index contributed by atoms with van der Waals surface area (Å²) in [5.74, 6) is 0.236. The van der Waals surface area contributed by atoms with Crippen LogP contribution in [0.4, 0.5) is 10.6 Å². The molecule has 1 aromatic heterocycles. The van der Waals surface area contributed by atoms with Crippen LogP contribution in [0.15, 0.2) is 35.3 Å². The van der Waals surface area contributed by atoms with Crippen molar-refractivity contribution in [2.75, 3.05) is 12.3 Å². The average molecular weight is 401 g/mol. The lowest BCUT2D eigenvalue weighted by Gasteiger charge is -2.32. The fourth-order valence-corrected chi connectivity index (χ4v) is 2.93. The minimum absolute atomic E-state index is 0.159. The largest absolute Gasteiger partial charge is 0.444 e. The summed E-state index contributed by atoms with van der Waals surface area (Å²) in [4.78, 5) is 30.5. The first-order valence-electron chi connectivity index (χ1n) is 9.99. The molecule has 0 unspecified atom stereocenters. The van der Waals surface area contributed by atoms with E-state index < -0.39 is 11.3 Å². The van der Waals surface area contributed by atoms with Crippen molar-refractivity contribution in [3.05, 3.63) is 52.1 Å². The lowest BCUT2D eigenvalue weighted by atomic mass is 10.1. The number of nitrogen functional groups attached to an aromatic ring is 1. The molecule has 0 radical (unpaired) electrons. The summed E-state index contributed by atoms with van der Waals surface area (Å²) in [6.45, 7) is 12.1. The molecule has 1 atom stereocenters. The number of carbonyl (C=O) groups excluding carboxylic acids is 1. The van der Waals surface area contributed by atoms with Gasteiger partial charge < -0.3 is 15.4 Å². The van der Waals surface area contributed by atoms with Crippen LogP contribution in [-0.2, 0) is 4.74 Å². The Balaban J connectivity index is 2.29. The smallest absolute Gasteiger partial charge is 0.410 e. The minimum Gasteiger partial charge on any atom is -0.444 e. The van der Waals surface area contributed by atoms with Crippen LogP contribution in [0, 0.1) is 6.92 Å². The third-order valence-corrected chi connectivity index (χ3v) is 4.65. The highest BCUT2D eigenvalue weighted by Gasteiger charge is 2.26. The van der Waals surface area contributed by atoms with Gasteiger partial charge in [-0.3, -0.25) is 4.57 Å². The summed E-state index contributed by atoms with van der Waals surface area (Å²) in [5, 5.41) is 0. The Bertz CT molecular complexity index is 898. The Morgan fingerprint density at radius 2 is 1.90 bits per heavy atom.